The van der Waals surface area contributed by atoms with Crippen LogP contribution in [0.1, 0.15) is 43.0 Å². The van der Waals surface area contributed by atoms with E-state index in [4.69, 9.17) is 5.73 Å². The number of carbonyl (C=O) groups is 1. The summed E-state index contributed by atoms with van der Waals surface area (Å²) in [6.07, 6.45) is 5.22. The van der Waals surface area contributed by atoms with Crippen LogP contribution in [0.3, 0.4) is 0 Å². The minimum absolute atomic E-state index is 0.0450. The van der Waals surface area contributed by atoms with Crippen molar-refractivity contribution in [3.63, 3.8) is 0 Å². The molecule has 1 fully saturated rings. The number of anilines is 2. The molecule has 4 nitrogen and oxygen atoms in total. The number of benzene rings is 1. The van der Waals surface area contributed by atoms with Gasteiger partial charge in [-0.15, -0.1) is 0 Å². The first-order valence-electron chi connectivity index (χ1n) is 7.12. The molecule has 0 spiro atoms. The molecule has 0 atom stereocenters. The lowest BCUT2D eigenvalue weighted by atomic mass is 10.1. The van der Waals surface area contributed by atoms with E-state index in [0.717, 1.165) is 18.2 Å². The zero-order valence-corrected chi connectivity index (χ0v) is 11.5. The first kappa shape index (κ1) is 13.7. The SMILES string of the molecule is CCNC(=O)c1ccc(N)cc1NCC1CCCC1. The molecule has 0 aliphatic heterocycles. The molecule has 4 N–H and O–H groups in total. The van der Waals surface area contributed by atoms with E-state index in [9.17, 15) is 4.79 Å². The van der Waals surface area contributed by atoms with Crippen LogP contribution < -0.4 is 16.4 Å². The maximum absolute atomic E-state index is 12.0. The molecular weight excluding hydrogens is 238 g/mol. The van der Waals surface area contributed by atoms with Gasteiger partial charge in [-0.1, -0.05) is 12.8 Å². The second kappa shape index (κ2) is 6.45. The van der Waals surface area contributed by atoms with Gasteiger partial charge in [-0.05, 0) is 43.9 Å². The van der Waals surface area contributed by atoms with Gasteiger partial charge in [0.1, 0.15) is 0 Å². The summed E-state index contributed by atoms with van der Waals surface area (Å²) in [4.78, 5) is 12.0. The average Bonchev–Trinajstić information content (AvgIpc) is 2.89. The summed E-state index contributed by atoms with van der Waals surface area (Å²) in [5.74, 6) is 0.680. The lowest BCUT2D eigenvalue weighted by molar-refractivity contribution is 0.0956. The van der Waals surface area contributed by atoms with Crippen LogP contribution in [-0.2, 0) is 0 Å². The summed E-state index contributed by atoms with van der Waals surface area (Å²) in [6.45, 7) is 3.47. The molecule has 1 amide bonds. The molecule has 0 radical (unpaired) electrons. The molecular formula is C15H23N3O. The van der Waals surface area contributed by atoms with Crippen molar-refractivity contribution in [1.29, 1.82) is 0 Å². The molecule has 4 heteroatoms. The molecule has 0 bridgehead atoms. The Balaban J connectivity index is 2.07. The molecule has 104 valence electrons. The summed E-state index contributed by atoms with van der Waals surface area (Å²) in [5, 5.41) is 6.22. The Bertz CT molecular complexity index is 439. The first-order chi connectivity index (χ1) is 9.20. The molecule has 19 heavy (non-hydrogen) atoms. The quantitative estimate of drug-likeness (QED) is 0.714. The largest absolute Gasteiger partial charge is 0.399 e. The van der Waals surface area contributed by atoms with Gasteiger partial charge in [-0.3, -0.25) is 4.79 Å². The highest BCUT2D eigenvalue weighted by Gasteiger charge is 2.16. The van der Waals surface area contributed by atoms with Gasteiger partial charge in [-0.25, -0.2) is 0 Å². The molecule has 1 aliphatic carbocycles. The lowest BCUT2D eigenvalue weighted by Crippen LogP contribution is -2.24. The van der Waals surface area contributed by atoms with Crippen molar-refractivity contribution < 1.29 is 4.79 Å². The molecule has 1 aliphatic rings. The van der Waals surface area contributed by atoms with Crippen LogP contribution in [0.4, 0.5) is 11.4 Å². The van der Waals surface area contributed by atoms with Crippen molar-refractivity contribution >= 4 is 17.3 Å². The van der Waals surface area contributed by atoms with E-state index in [-0.39, 0.29) is 5.91 Å². The standard InChI is InChI=1S/C15H23N3O/c1-2-17-15(19)13-8-7-12(16)9-14(13)18-10-11-5-3-4-6-11/h7-9,11,18H,2-6,10,16H2,1H3,(H,17,19). The third-order valence-corrected chi connectivity index (χ3v) is 3.68. The van der Waals surface area contributed by atoms with Crippen molar-refractivity contribution in [3.05, 3.63) is 23.8 Å². The highest BCUT2D eigenvalue weighted by molar-refractivity contribution is 6.00. The van der Waals surface area contributed by atoms with Gasteiger partial charge in [0, 0.05) is 24.5 Å². The molecule has 1 saturated carbocycles. The Morgan fingerprint density at radius 2 is 2.11 bits per heavy atom. The van der Waals surface area contributed by atoms with Crippen LogP contribution in [0.25, 0.3) is 0 Å². The van der Waals surface area contributed by atoms with E-state index in [2.05, 4.69) is 10.6 Å². The minimum Gasteiger partial charge on any atom is -0.399 e. The van der Waals surface area contributed by atoms with Crippen LogP contribution in [0.5, 0.6) is 0 Å². The second-order valence-electron chi connectivity index (χ2n) is 5.20. The van der Waals surface area contributed by atoms with E-state index < -0.39 is 0 Å². The van der Waals surface area contributed by atoms with E-state index >= 15 is 0 Å². The number of hydrogen-bond donors (Lipinski definition) is 3. The van der Waals surface area contributed by atoms with Crippen LogP contribution in [-0.4, -0.2) is 19.0 Å². The van der Waals surface area contributed by atoms with Gasteiger partial charge in [-0.2, -0.15) is 0 Å². The maximum atomic E-state index is 12.0. The zero-order valence-electron chi connectivity index (χ0n) is 11.5. The van der Waals surface area contributed by atoms with Crippen LogP contribution in [0, 0.1) is 5.92 Å². The maximum Gasteiger partial charge on any atom is 0.253 e. The van der Waals surface area contributed by atoms with E-state index in [1.54, 1.807) is 12.1 Å². The molecule has 0 aromatic heterocycles. The monoisotopic (exact) mass is 261 g/mol. The van der Waals surface area contributed by atoms with Gasteiger partial charge in [0.25, 0.3) is 5.91 Å². The fourth-order valence-electron chi connectivity index (χ4n) is 2.63. The number of rotatable bonds is 5. The summed E-state index contributed by atoms with van der Waals surface area (Å²) in [5.41, 5.74) is 8.02. The third kappa shape index (κ3) is 3.63. The topological polar surface area (TPSA) is 67.2 Å². The van der Waals surface area contributed by atoms with Gasteiger partial charge >= 0.3 is 0 Å². The Morgan fingerprint density at radius 1 is 1.37 bits per heavy atom. The number of nitrogens with two attached hydrogens (primary N) is 1. The summed E-state index contributed by atoms with van der Waals surface area (Å²) < 4.78 is 0. The van der Waals surface area contributed by atoms with Crippen molar-refractivity contribution in [3.8, 4) is 0 Å². The highest BCUT2D eigenvalue weighted by atomic mass is 16.1. The van der Waals surface area contributed by atoms with Gasteiger partial charge < -0.3 is 16.4 Å². The molecule has 0 saturated heterocycles. The van der Waals surface area contributed by atoms with Crippen molar-refractivity contribution in [1.82, 2.24) is 5.32 Å². The molecule has 0 heterocycles. The lowest BCUT2D eigenvalue weighted by Gasteiger charge is -2.15. The Hall–Kier alpha value is -1.71. The molecule has 2 rings (SSSR count). The predicted octanol–water partition coefficient (Wildman–Crippen LogP) is 2.62. The van der Waals surface area contributed by atoms with E-state index in [1.165, 1.54) is 25.7 Å². The Kier molecular flexibility index (Phi) is 4.66. The van der Waals surface area contributed by atoms with Crippen LogP contribution in [0.15, 0.2) is 18.2 Å². The number of nitrogen functional groups attached to an aromatic ring is 1. The van der Waals surface area contributed by atoms with Crippen LogP contribution >= 0.6 is 0 Å². The molecule has 1 aromatic carbocycles. The van der Waals surface area contributed by atoms with Crippen molar-refractivity contribution in [2.75, 3.05) is 24.1 Å². The summed E-state index contributed by atoms with van der Waals surface area (Å²) in [7, 11) is 0. The average molecular weight is 261 g/mol. The predicted molar refractivity (Wildman–Crippen MR) is 79.3 cm³/mol. The second-order valence-corrected chi connectivity index (χ2v) is 5.20. The van der Waals surface area contributed by atoms with Crippen LogP contribution in [0.2, 0.25) is 0 Å². The molecule has 1 aromatic rings. The number of hydrogen-bond acceptors (Lipinski definition) is 3. The van der Waals surface area contributed by atoms with Gasteiger partial charge in [0.15, 0.2) is 0 Å². The number of carbonyl (C=O) groups excluding carboxylic acids is 1. The molecule has 0 unspecified atom stereocenters. The Morgan fingerprint density at radius 3 is 2.79 bits per heavy atom. The smallest absolute Gasteiger partial charge is 0.253 e. The van der Waals surface area contributed by atoms with E-state index in [0.29, 0.717) is 17.8 Å². The normalized spacial score (nSPS) is 15.4. The van der Waals surface area contributed by atoms with Gasteiger partial charge in [0.2, 0.25) is 0 Å². The van der Waals surface area contributed by atoms with Crippen molar-refractivity contribution in [2.24, 2.45) is 5.92 Å². The van der Waals surface area contributed by atoms with Gasteiger partial charge in [0.05, 0.1) is 5.56 Å². The fourth-order valence-corrected chi connectivity index (χ4v) is 2.63. The zero-order chi connectivity index (χ0) is 13.7. The fraction of sp³-hybridized carbons (Fsp3) is 0.533. The number of nitrogens with one attached hydrogen (secondary N) is 2. The van der Waals surface area contributed by atoms with E-state index in [1.807, 2.05) is 13.0 Å². The minimum atomic E-state index is -0.0450. The third-order valence-electron chi connectivity index (χ3n) is 3.68. The Labute approximate surface area is 114 Å². The highest BCUT2D eigenvalue weighted by Crippen LogP contribution is 2.26. The first-order valence-corrected chi connectivity index (χ1v) is 7.12. The summed E-state index contributed by atoms with van der Waals surface area (Å²) in [6, 6.07) is 5.40. The number of amides is 1. The van der Waals surface area contributed by atoms with Crippen molar-refractivity contribution in [2.45, 2.75) is 32.6 Å². The summed E-state index contributed by atoms with van der Waals surface area (Å²) >= 11 is 0.